The van der Waals surface area contributed by atoms with Crippen LogP contribution in [-0.4, -0.2) is 12.1 Å². The van der Waals surface area contributed by atoms with Crippen molar-refractivity contribution < 1.29 is 9.53 Å². The molecule has 0 bridgehead atoms. The topological polar surface area (TPSA) is 50.7 Å². The van der Waals surface area contributed by atoms with Gasteiger partial charge in [-0.25, -0.2) is 5.43 Å². The Kier molecular flexibility index (Phi) is 5.84. The minimum Gasteiger partial charge on any atom is -0.489 e. The Bertz CT molecular complexity index is 929. The summed E-state index contributed by atoms with van der Waals surface area (Å²) in [5, 5.41) is 5.33. The largest absolute Gasteiger partial charge is 0.489 e. The zero-order valence-corrected chi connectivity index (χ0v) is 17.8. The molecule has 6 heteroatoms. The molecule has 3 atom stereocenters. The molecule has 0 heterocycles. The van der Waals surface area contributed by atoms with E-state index in [1.807, 2.05) is 30.3 Å². The lowest BCUT2D eigenvalue weighted by atomic mass is 9.90. The molecule has 0 spiro atoms. The molecule has 2 aliphatic rings. The molecule has 4 nitrogen and oxygen atoms in total. The third kappa shape index (κ3) is 4.44. The molecule has 2 aliphatic carbocycles. The lowest BCUT2D eigenvalue weighted by Gasteiger charge is -2.15. The van der Waals surface area contributed by atoms with Gasteiger partial charge in [-0.05, 0) is 66.1 Å². The van der Waals surface area contributed by atoms with Crippen LogP contribution in [0.1, 0.15) is 43.7 Å². The third-order valence-corrected chi connectivity index (χ3v) is 6.88. The lowest BCUT2D eigenvalue weighted by Crippen LogP contribution is -2.22. The first-order valence-electron chi connectivity index (χ1n) is 9.97. The van der Waals surface area contributed by atoms with Crippen LogP contribution in [0.4, 0.5) is 0 Å². The van der Waals surface area contributed by atoms with Gasteiger partial charge in [0.25, 0.3) is 0 Å². The summed E-state index contributed by atoms with van der Waals surface area (Å²) in [6.07, 6.45) is 6.46. The Morgan fingerprint density at radius 2 is 2.03 bits per heavy atom. The number of hydrogen-bond donors (Lipinski definition) is 1. The molecule has 1 amide bonds. The quantitative estimate of drug-likeness (QED) is 0.461. The highest BCUT2D eigenvalue weighted by atomic mass is 35.5. The summed E-state index contributed by atoms with van der Waals surface area (Å²) in [7, 11) is 0. The van der Waals surface area contributed by atoms with Crippen molar-refractivity contribution in [2.75, 3.05) is 0 Å². The number of hydrogen-bond acceptors (Lipinski definition) is 3. The molecule has 0 aliphatic heterocycles. The minimum atomic E-state index is 0.0513. The normalized spacial score (nSPS) is 25.5. The van der Waals surface area contributed by atoms with Crippen LogP contribution >= 0.6 is 23.2 Å². The molecule has 4 rings (SSSR count). The molecule has 0 saturated heterocycles. The average Bonchev–Trinajstić information content (AvgIpc) is 3.34. The van der Waals surface area contributed by atoms with E-state index in [2.05, 4.69) is 17.5 Å². The Balaban J connectivity index is 1.27. The van der Waals surface area contributed by atoms with E-state index < -0.39 is 0 Å². The highest BCUT2D eigenvalue weighted by molar-refractivity contribution is 6.35. The van der Waals surface area contributed by atoms with Gasteiger partial charge in [0, 0.05) is 21.5 Å². The van der Waals surface area contributed by atoms with Crippen molar-refractivity contribution in [3.8, 4) is 5.75 Å². The monoisotopic (exact) mass is 430 g/mol. The number of nitrogens with zero attached hydrogens (tertiary/aromatic N) is 1. The fourth-order valence-corrected chi connectivity index (χ4v) is 5.00. The van der Waals surface area contributed by atoms with Gasteiger partial charge in [-0.2, -0.15) is 5.10 Å². The van der Waals surface area contributed by atoms with Gasteiger partial charge in [0.2, 0.25) is 5.91 Å². The van der Waals surface area contributed by atoms with E-state index in [1.54, 1.807) is 18.3 Å². The van der Waals surface area contributed by atoms with Gasteiger partial charge in [-0.1, -0.05) is 49.0 Å². The third-order valence-electron chi connectivity index (χ3n) is 6.29. The maximum atomic E-state index is 12.4. The van der Waals surface area contributed by atoms with Crippen LogP contribution in [0, 0.1) is 17.3 Å². The number of carbonyl (C=O) groups excluding carboxylic acids is 1. The highest BCUT2D eigenvalue weighted by Crippen LogP contribution is 2.66. The summed E-state index contributed by atoms with van der Waals surface area (Å²) < 4.78 is 5.77. The Labute approximate surface area is 181 Å². The van der Waals surface area contributed by atoms with Crippen LogP contribution in [-0.2, 0) is 11.4 Å². The molecular formula is C23H24Cl2N2O2. The number of rotatable bonds is 6. The average molecular weight is 431 g/mol. The zero-order chi connectivity index (χ0) is 20.4. The van der Waals surface area contributed by atoms with E-state index in [9.17, 15) is 4.79 Å². The number of carbonyl (C=O) groups is 1. The van der Waals surface area contributed by atoms with Crippen LogP contribution in [0.25, 0.3) is 0 Å². The SMILES string of the molecule is C[C@]12CCCC[C@@H]1[C@@H]2C(=O)N/N=C/c1ccc(OCc2ccc(Cl)cc2Cl)cc1. The fraction of sp³-hybridized carbons (Fsp3) is 0.391. The second-order valence-corrected chi connectivity index (χ2v) is 9.01. The Morgan fingerprint density at radius 1 is 1.24 bits per heavy atom. The van der Waals surface area contributed by atoms with Crippen molar-refractivity contribution in [3.05, 3.63) is 63.6 Å². The maximum absolute atomic E-state index is 12.4. The maximum Gasteiger partial charge on any atom is 0.244 e. The summed E-state index contributed by atoms with van der Waals surface area (Å²) in [4.78, 5) is 12.4. The molecule has 2 saturated carbocycles. The molecule has 0 unspecified atom stereocenters. The van der Waals surface area contributed by atoms with Crippen molar-refractivity contribution in [1.29, 1.82) is 0 Å². The van der Waals surface area contributed by atoms with E-state index in [0.29, 0.717) is 22.6 Å². The smallest absolute Gasteiger partial charge is 0.244 e. The molecule has 29 heavy (non-hydrogen) atoms. The van der Waals surface area contributed by atoms with Gasteiger partial charge in [-0.15, -0.1) is 0 Å². The second-order valence-electron chi connectivity index (χ2n) is 8.16. The number of amides is 1. The minimum absolute atomic E-state index is 0.0513. The predicted molar refractivity (Wildman–Crippen MR) is 117 cm³/mol. The summed E-state index contributed by atoms with van der Waals surface area (Å²) in [5.41, 5.74) is 4.68. The first kappa shape index (κ1) is 20.2. The molecule has 0 aromatic heterocycles. The molecule has 2 aromatic rings. The highest BCUT2D eigenvalue weighted by Gasteiger charge is 2.64. The molecule has 0 radical (unpaired) electrons. The van der Waals surface area contributed by atoms with Gasteiger partial charge in [-0.3, -0.25) is 4.79 Å². The lowest BCUT2D eigenvalue weighted by molar-refractivity contribution is -0.123. The van der Waals surface area contributed by atoms with E-state index in [4.69, 9.17) is 27.9 Å². The van der Waals surface area contributed by atoms with Crippen molar-refractivity contribution in [2.45, 2.75) is 39.2 Å². The molecule has 2 fully saturated rings. The van der Waals surface area contributed by atoms with E-state index in [1.165, 1.54) is 19.3 Å². The van der Waals surface area contributed by atoms with Crippen LogP contribution in [0.15, 0.2) is 47.6 Å². The number of benzene rings is 2. The summed E-state index contributed by atoms with van der Waals surface area (Å²) in [6, 6.07) is 12.9. The standard InChI is InChI=1S/C23H24Cl2N2O2/c1-23-11-3-2-4-19(23)21(23)22(28)27-26-13-15-5-9-18(10-6-15)29-14-16-7-8-17(24)12-20(16)25/h5-10,12-13,19,21H,2-4,11,14H2,1H3,(H,27,28)/b26-13+/t19-,21-,23+/m1/s1. The summed E-state index contributed by atoms with van der Waals surface area (Å²) in [5.74, 6) is 1.44. The van der Waals surface area contributed by atoms with Gasteiger partial charge in [0.05, 0.1) is 6.21 Å². The van der Waals surface area contributed by atoms with Crippen molar-refractivity contribution in [3.63, 3.8) is 0 Å². The number of ether oxygens (including phenoxy) is 1. The van der Waals surface area contributed by atoms with Crippen LogP contribution in [0.5, 0.6) is 5.75 Å². The molecule has 1 N–H and O–H groups in total. The molecule has 152 valence electrons. The van der Waals surface area contributed by atoms with Crippen molar-refractivity contribution in [2.24, 2.45) is 22.4 Å². The Morgan fingerprint density at radius 3 is 2.72 bits per heavy atom. The Hall–Kier alpha value is -2.04. The van der Waals surface area contributed by atoms with Crippen molar-refractivity contribution >= 4 is 35.3 Å². The van der Waals surface area contributed by atoms with Crippen LogP contribution in [0.3, 0.4) is 0 Å². The number of halogens is 2. The van der Waals surface area contributed by atoms with Gasteiger partial charge < -0.3 is 4.74 Å². The zero-order valence-electron chi connectivity index (χ0n) is 16.3. The second kappa shape index (κ2) is 8.37. The van der Waals surface area contributed by atoms with Crippen LogP contribution < -0.4 is 10.2 Å². The summed E-state index contributed by atoms with van der Waals surface area (Å²) in [6.45, 7) is 2.60. The first-order chi connectivity index (χ1) is 14.0. The van der Waals surface area contributed by atoms with Crippen molar-refractivity contribution in [1.82, 2.24) is 5.43 Å². The number of hydrazone groups is 1. The van der Waals surface area contributed by atoms with E-state index >= 15 is 0 Å². The first-order valence-corrected chi connectivity index (χ1v) is 10.7. The summed E-state index contributed by atoms with van der Waals surface area (Å²) >= 11 is 12.1. The number of fused-ring (bicyclic) bond motifs is 1. The van der Waals surface area contributed by atoms with E-state index in [0.717, 1.165) is 23.3 Å². The van der Waals surface area contributed by atoms with Gasteiger partial charge >= 0.3 is 0 Å². The van der Waals surface area contributed by atoms with Gasteiger partial charge in [0.1, 0.15) is 12.4 Å². The molecular weight excluding hydrogens is 407 g/mol. The predicted octanol–water partition coefficient (Wildman–Crippen LogP) is 5.85. The van der Waals surface area contributed by atoms with E-state index in [-0.39, 0.29) is 17.2 Å². The molecule has 2 aromatic carbocycles. The fourth-order valence-electron chi connectivity index (χ4n) is 4.54. The van der Waals surface area contributed by atoms with Crippen LogP contribution in [0.2, 0.25) is 10.0 Å². The number of nitrogens with one attached hydrogen (secondary N) is 1. The van der Waals surface area contributed by atoms with Gasteiger partial charge in [0.15, 0.2) is 0 Å².